The van der Waals surface area contributed by atoms with Crippen molar-refractivity contribution in [3.8, 4) is 0 Å². The van der Waals surface area contributed by atoms with Gasteiger partial charge in [0, 0.05) is 24.5 Å². The second-order valence-corrected chi connectivity index (χ2v) is 6.64. The molecule has 0 radical (unpaired) electrons. The van der Waals surface area contributed by atoms with E-state index < -0.39 is 0 Å². The van der Waals surface area contributed by atoms with Gasteiger partial charge in [0.25, 0.3) is 0 Å². The average molecular weight is 274 g/mol. The van der Waals surface area contributed by atoms with E-state index in [1.807, 2.05) is 0 Å². The summed E-state index contributed by atoms with van der Waals surface area (Å²) in [5, 5.41) is 4.40. The molecule has 1 atom stereocenters. The van der Waals surface area contributed by atoms with Gasteiger partial charge in [-0.15, -0.1) is 0 Å². The maximum Gasteiger partial charge on any atom is 0.0336 e. The van der Waals surface area contributed by atoms with Crippen molar-refractivity contribution in [2.24, 2.45) is 5.41 Å². The lowest BCUT2D eigenvalue weighted by molar-refractivity contribution is 0.285. The number of hydrogen-bond acceptors (Lipinski definition) is 2. The van der Waals surface area contributed by atoms with Crippen molar-refractivity contribution < 1.29 is 0 Å². The van der Waals surface area contributed by atoms with Crippen molar-refractivity contribution >= 4 is 27.3 Å². The number of halogens is 1. The molecule has 78 valence electrons. The van der Waals surface area contributed by atoms with Crippen LogP contribution in [-0.2, 0) is 6.54 Å². The maximum absolute atomic E-state index is 3.77. The van der Waals surface area contributed by atoms with Crippen molar-refractivity contribution in [2.45, 2.75) is 25.2 Å². The van der Waals surface area contributed by atoms with Gasteiger partial charge in [-0.25, -0.2) is 0 Å². The summed E-state index contributed by atoms with van der Waals surface area (Å²) in [5.41, 5.74) is 1.86. The summed E-state index contributed by atoms with van der Waals surface area (Å²) >= 11 is 5.55. The van der Waals surface area contributed by atoms with Gasteiger partial charge >= 0.3 is 0 Å². The molecule has 1 saturated heterocycles. The predicted octanol–water partition coefficient (Wildman–Crippen LogP) is 3.35. The van der Waals surface area contributed by atoms with E-state index in [0.717, 1.165) is 6.54 Å². The molecule has 1 aliphatic heterocycles. The second-order valence-electron chi connectivity index (χ2n) is 4.76. The van der Waals surface area contributed by atoms with E-state index in [0.29, 0.717) is 10.2 Å². The largest absolute Gasteiger partial charge is 0.297 e. The van der Waals surface area contributed by atoms with Crippen LogP contribution in [0.1, 0.15) is 19.4 Å². The summed E-state index contributed by atoms with van der Waals surface area (Å²) < 4.78 is 0. The highest BCUT2D eigenvalue weighted by Crippen LogP contribution is 2.35. The molecule has 1 aromatic heterocycles. The van der Waals surface area contributed by atoms with Crippen LogP contribution in [0.2, 0.25) is 0 Å². The van der Waals surface area contributed by atoms with E-state index >= 15 is 0 Å². The minimum atomic E-state index is 0.413. The monoisotopic (exact) mass is 273 g/mol. The fourth-order valence-corrected chi connectivity index (χ4v) is 3.19. The molecular formula is C11H16BrNS. The molecule has 0 spiro atoms. The summed E-state index contributed by atoms with van der Waals surface area (Å²) in [6.45, 7) is 8.14. The van der Waals surface area contributed by atoms with Crippen LogP contribution in [0.3, 0.4) is 0 Å². The Morgan fingerprint density at radius 3 is 2.93 bits per heavy atom. The molecular weight excluding hydrogens is 258 g/mol. The van der Waals surface area contributed by atoms with Gasteiger partial charge in [-0.1, -0.05) is 29.8 Å². The first kappa shape index (κ1) is 10.7. The van der Waals surface area contributed by atoms with E-state index in [2.05, 4.69) is 51.5 Å². The zero-order chi connectivity index (χ0) is 10.2. The van der Waals surface area contributed by atoms with Crippen molar-refractivity contribution in [1.29, 1.82) is 0 Å². The standard InChI is InChI=1S/C11H16BrNS/c1-11(2)8-13(6-10(11)12)5-9-3-4-14-7-9/h3-4,7,10H,5-6,8H2,1-2H3. The van der Waals surface area contributed by atoms with E-state index in [1.54, 1.807) is 11.3 Å². The lowest BCUT2D eigenvalue weighted by Gasteiger charge is -2.21. The number of hydrogen-bond donors (Lipinski definition) is 0. The summed E-state index contributed by atoms with van der Waals surface area (Å²) in [6, 6.07) is 2.22. The van der Waals surface area contributed by atoms with Crippen molar-refractivity contribution in [3.63, 3.8) is 0 Å². The maximum atomic E-state index is 3.77. The third-order valence-corrected chi connectivity index (χ3v) is 5.14. The van der Waals surface area contributed by atoms with Crippen LogP contribution in [0.5, 0.6) is 0 Å². The molecule has 1 unspecified atom stereocenters. The number of alkyl halides is 1. The molecule has 2 rings (SSSR count). The van der Waals surface area contributed by atoms with Crippen LogP contribution >= 0.6 is 27.3 Å². The molecule has 0 amide bonds. The highest BCUT2D eigenvalue weighted by Gasteiger charge is 2.37. The second kappa shape index (κ2) is 3.95. The Balaban J connectivity index is 1.96. The SMILES string of the molecule is CC1(C)CN(Cc2ccsc2)CC1Br. The van der Waals surface area contributed by atoms with E-state index in [4.69, 9.17) is 0 Å². The number of rotatable bonds is 2. The van der Waals surface area contributed by atoms with Crippen LogP contribution in [0, 0.1) is 5.41 Å². The Morgan fingerprint density at radius 1 is 1.64 bits per heavy atom. The number of nitrogens with zero attached hydrogens (tertiary/aromatic N) is 1. The van der Waals surface area contributed by atoms with Crippen LogP contribution in [0.15, 0.2) is 16.8 Å². The van der Waals surface area contributed by atoms with Gasteiger partial charge in [-0.3, -0.25) is 4.90 Å². The Morgan fingerprint density at radius 2 is 2.43 bits per heavy atom. The molecule has 0 N–H and O–H groups in total. The van der Waals surface area contributed by atoms with Gasteiger partial charge in [0.2, 0.25) is 0 Å². The van der Waals surface area contributed by atoms with Crippen molar-refractivity contribution in [2.75, 3.05) is 13.1 Å². The van der Waals surface area contributed by atoms with Gasteiger partial charge in [-0.2, -0.15) is 11.3 Å². The molecule has 1 aliphatic rings. The van der Waals surface area contributed by atoms with Crippen molar-refractivity contribution in [1.82, 2.24) is 4.90 Å². The summed E-state index contributed by atoms with van der Waals surface area (Å²) in [4.78, 5) is 3.16. The Labute approximate surface area is 98.2 Å². The molecule has 1 aromatic rings. The van der Waals surface area contributed by atoms with Gasteiger partial charge in [-0.05, 0) is 27.8 Å². The van der Waals surface area contributed by atoms with Gasteiger partial charge < -0.3 is 0 Å². The summed E-state index contributed by atoms with van der Waals surface area (Å²) in [5.74, 6) is 0. The van der Waals surface area contributed by atoms with Crippen LogP contribution < -0.4 is 0 Å². The lowest BCUT2D eigenvalue weighted by Crippen LogP contribution is -2.23. The molecule has 0 aromatic carbocycles. The predicted molar refractivity (Wildman–Crippen MR) is 66.1 cm³/mol. The minimum Gasteiger partial charge on any atom is -0.297 e. The molecule has 3 heteroatoms. The molecule has 0 bridgehead atoms. The Hall–Kier alpha value is 0.140. The molecule has 1 nitrogen and oxygen atoms in total. The van der Waals surface area contributed by atoms with Gasteiger partial charge in [0.1, 0.15) is 0 Å². The van der Waals surface area contributed by atoms with E-state index in [1.165, 1.54) is 18.7 Å². The molecule has 0 saturated carbocycles. The Kier molecular flexibility index (Phi) is 3.01. The third-order valence-electron chi connectivity index (χ3n) is 2.88. The topological polar surface area (TPSA) is 3.24 Å². The highest BCUT2D eigenvalue weighted by molar-refractivity contribution is 9.09. The van der Waals surface area contributed by atoms with Gasteiger partial charge in [0.05, 0.1) is 0 Å². The number of likely N-dealkylation sites (tertiary alicyclic amines) is 1. The average Bonchev–Trinajstić information content (AvgIpc) is 2.62. The Bertz CT molecular complexity index is 294. The first-order chi connectivity index (χ1) is 6.58. The smallest absolute Gasteiger partial charge is 0.0336 e. The number of thiophene rings is 1. The fraction of sp³-hybridized carbons (Fsp3) is 0.636. The highest BCUT2D eigenvalue weighted by atomic mass is 79.9. The molecule has 0 aliphatic carbocycles. The van der Waals surface area contributed by atoms with Crippen molar-refractivity contribution in [3.05, 3.63) is 22.4 Å². The quantitative estimate of drug-likeness (QED) is 0.747. The van der Waals surface area contributed by atoms with E-state index in [-0.39, 0.29) is 0 Å². The fourth-order valence-electron chi connectivity index (χ4n) is 1.97. The molecule has 14 heavy (non-hydrogen) atoms. The van der Waals surface area contributed by atoms with Crippen LogP contribution in [0.25, 0.3) is 0 Å². The van der Waals surface area contributed by atoms with Gasteiger partial charge in [0.15, 0.2) is 0 Å². The lowest BCUT2D eigenvalue weighted by atomic mass is 9.93. The first-order valence-electron chi connectivity index (χ1n) is 4.95. The third kappa shape index (κ3) is 2.20. The normalized spacial score (nSPS) is 26.9. The zero-order valence-electron chi connectivity index (χ0n) is 8.66. The minimum absolute atomic E-state index is 0.413. The summed E-state index contributed by atoms with van der Waals surface area (Å²) in [6.07, 6.45) is 0. The van der Waals surface area contributed by atoms with Crippen LogP contribution in [-0.4, -0.2) is 22.8 Å². The molecule has 2 heterocycles. The molecule has 1 fully saturated rings. The summed E-state index contributed by atoms with van der Waals surface area (Å²) in [7, 11) is 0. The zero-order valence-corrected chi connectivity index (χ0v) is 11.1. The van der Waals surface area contributed by atoms with Crippen LogP contribution in [0.4, 0.5) is 0 Å². The first-order valence-corrected chi connectivity index (χ1v) is 6.81. The van der Waals surface area contributed by atoms with E-state index in [9.17, 15) is 0 Å².